The number of carbonyl (C=O) groups is 2. The van der Waals surface area contributed by atoms with Crippen LogP contribution in [-0.2, 0) is 4.79 Å². The van der Waals surface area contributed by atoms with Crippen LogP contribution in [0.5, 0.6) is 0 Å². The number of likely N-dealkylation sites (N-methyl/N-ethyl adjacent to an activating group) is 1. The van der Waals surface area contributed by atoms with Crippen LogP contribution in [0.15, 0.2) is 37.1 Å². The van der Waals surface area contributed by atoms with Crippen molar-refractivity contribution in [3.63, 3.8) is 0 Å². The third-order valence-electron chi connectivity index (χ3n) is 3.35. The maximum absolute atomic E-state index is 12.3. The van der Waals surface area contributed by atoms with Gasteiger partial charge in [0.25, 0.3) is 5.91 Å². The quantitative estimate of drug-likeness (QED) is 0.837. The second-order valence-corrected chi connectivity index (χ2v) is 5.64. The Morgan fingerprint density at radius 1 is 1.30 bits per heavy atom. The molecule has 0 bridgehead atoms. The minimum atomic E-state index is -0.555. The van der Waals surface area contributed by atoms with Crippen molar-refractivity contribution >= 4 is 11.8 Å². The van der Waals surface area contributed by atoms with Crippen molar-refractivity contribution in [2.45, 2.75) is 26.3 Å². The lowest BCUT2D eigenvalue weighted by Crippen LogP contribution is -2.46. The maximum Gasteiger partial charge on any atom is 0.253 e. The molecule has 0 aromatic carbocycles. The Labute approximate surface area is 135 Å². The molecular weight excluding hydrogens is 294 g/mol. The van der Waals surface area contributed by atoms with Gasteiger partial charge in [0.05, 0.1) is 5.56 Å². The van der Waals surface area contributed by atoms with Gasteiger partial charge in [-0.25, -0.2) is 9.97 Å². The SMILES string of the molecule is CNC(=O)[C@@H](CC(C)C)NC(=O)c1ccc(-n2ccnc2)nc1. The number of amides is 2. The highest BCUT2D eigenvalue weighted by Gasteiger charge is 2.21. The van der Waals surface area contributed by atoms with Crippen molar-refractivity contribution in [2.24, 2.45) is 5.92 Å². The molecule has 2 amide bonds. The highest BCUT2D eigenvalue weighted by Crippen LogP contribution is 2.08. The van der Waals surface area contributed by atoms with E-state index in [1.807, 2.05) is 13.8 Å². The van der Waals surface area contributed by atoms with Gasteiger partial charge in [-0.2, -0.15) is 0 Å². The molecule has 2 N–H and O–H groups in total. The number of nitrogens with one attached hydrogen (secondary N) is 2. The zero-order valence-corrected chi connectivity index (χ0v) is 13.5. The number of imidazole rings is 1. The molecule has 2 heterocycles. The summed E-state index contributed by atoms with van der Waals surface area (Å²) in [6.45, 7) is 4.01. The number of hydrogen-bond donors (Lipinski definition) is 2. The zero-order chi connectivity index (χ0) is 16.8. The molecule has 0 spiro atoms. The van der Waals surface area contributed by atoms with E-state index in [9.17, 15) is 9.59 Å². The van der Waals surface area contributed by atoms with Crippen LogP contribution in [0, 0.1) is 5.92 Å². The van der Waals surface area contributed by atoms with Crippen molar-refractivity contribution < 1.29 is 9.59 Å². The lowest BCUT2D eigenvalue weighted by molar-refractivity contribution is -0.122. The van der Waals surface area contributed by atoms with Crippen molar-refractivity contribution in [3.05, 3.63) is 42.6 Å². The van der Waals surface area contributed by atoms with E-state index >= 15 is 0 Å². The lowest BCUT2D eigenvalue weighted by Gasteiger charge is -2.19. The van der Waals surface area contributed by atoms with Crippen LogP contribution in [-0.4, -0.2) is 39.4 Å². The second kappa shape index (κ2) is 7.53. The van der Waals surface area contributed by atoms with Crippen LogP contribution in [0.3, 0.4) is 0 Å². The average molecular weight is 315 g/mol. The monoisotopic (exact) mass is 315 g/mol. The number of pyridine rings is 1. The van der Waals surface area contributed by atoms with Gasteiger partial charge in [-0.15, -0.1) is 0 Å². The second-order valence-electron chi connectivity index (χ2n) is 5.64. The van der Waals surface area contributed by atoms with E-state index in [0.29, 0.717) is 23.7 Å². The summed E-state index contributed by atoms with van der Waals surface area (Å²) in [5.74, 6) is 0.447. The summed E-state index contributed by atoms with van der Waals surface area (Å²) >= 11 is 0. The molecule has 0 aliphatic rings. The number of hydrogen-bond acceptors (Lipinski definition) is 4. The third-order valence-corrected chi connectivity index (χ3v) is 3.35. The number of aromatic nitrogens is 3. The van der Waals surface area contributed by atoms with Crippen LogP contribution in [0.25, 0.3) is 5.82 Å². The van der Waals surface area contributed by atoms with Crippen molar-refractivity contribution in [1.29, 1.82) is 0 Å². The number of carbonyl (C=O) groups excluding carboxylic acids is 2. The van der Waals surface area contributed by atoms with Crippen molar-refractivity contribution in [1.82, 2.24) is 25.2 Å². The topological polar surface area (TPSA) is 88.9 Å². The van der Waals surface area contributed by atoms with Crippen molar-refractivity contribution in [3.8, 4) is 5.82 Å². The molecule has 0 saturated carbocycles. The summed E-state index contributed by atoms with van der Waals surface area (Å²) in [4.78, 5) is 32.4. The molecule has 0 unspecified atom stereocenters. The molecule has 0 saturated heterocycles. The molecule has 7 nitrogen and oxygen atoms in total. The third kappa shape index (κ3) is 4.38. The summed E-state index contributed by atoms with van der Waals surface area (Å²) in [7, 11) is 1.56. The van der Waals surface area contributed by atoms with E-state index in [-0.39, 0.29) is 11.8 Å². The molecule has 0 aliphatic carbocycles. The summed E-state index contributed by atoms with van der Waals surface area (Å²) in [6, 6.07) is 2.85. The molecule has 7 heteroatoms. The van der Waals surface area contributed by atoms with Gasteiger partial charge in [-0.1, -0.05) is 13.8 Å². The van der Waals surface area contributed by atoms with Gasteiger partial charge in [-0.05, 0) is 24.5 Å². The molecule has 2 aromatic heterocycles. The Kier molecular flexibility index (Phi) is 5.46. The fraction of sp³-hybridized carbons (Fsp3) is 0.375. The molecule has 0 aliphatic heterocycles. The van der Waals surface area contributed by atoms with Gasteiger partial charge in [0.1, 0.15) is 18.2 Å². The van der Waals surface area contributed by atoms with Gasteiger partial charge in [0.15, 0.2) is 0 Å². The summed E-state index contributed by atoms with van der Waals surface area (Å²) < 4.78 is 1.74. The van der Waals surface area contributed by atoms with Crippen LogP contribution >= 0.6 is 0 Å². The average Bonchev–Trinajstić information content (AvgIpc) is 3.07. The van der Waals surface area contributed by atoms with Crippen LogP contribution in [0.4, 0.5) is 0 Å². The minimum absolute atomic E-state index is 0.199. The first-order valence-corrected chi connectivity index (χ1v) is 7.48. The Hall–Kier alpha value is -2.70. The maximum atomic E-state index is 12.3. The Bertz CT molecular complexity index is 650. The van der Waals surface area contributed by atoms with Gasteiger partial charge in [-0.3, -0.25) is 14.2 Å². The van der Waals surface area contributed by atoms with Crippen LogP contribution in [0.2, 0.25) is 0 Å². The van der Waals surface area contributed by atoms with E-state index in [4.69, 9.17) is 0 Å². The van der Waals surface area contributed by atoms with Gasteiger partial charge in [0.2, 0.25) is 5.91 Å². The number of nitrogens with zero attached hydrogens (tertiary/aromatic N) is 3. The Morgan fingerprint density at radius 2 is 2.09 bits per heavy atom. The highest BCUT2D eigenvalue weighted by atomic mass is 16.2. The fourth-order valence-corrected chi connectivity index (χ4v) is 2.19. The van der Waals surface area contributed by atoms with E-state index in [1.54, 1.807) is 42.5 Å². The van der Waals surface area contributed by atoms with E-state index < -0.39 is 6.04 Å². The molecular formula is C16H21N5O2. The molecule has 2 aromatic rings. The summed E-state index contributed by atoms with van der Waals surface area (Å²) in [6.07, 6.45) is 7.12. The first-order chi connectivity index (χ1) is 11.0. The molecule has 1 atom stereocenters. The predicted molar refractivity (Wildman–Crippen MR) is 86.1 cm³/mol. The van der Waals surface area contributed by atoms with Crippen LogP contribution < -0.4 is 10.6 Å². The smallest absolute Gasteiger partial charge is 0.253 e. The zero-order valence-electron chi connectivity index (χ0n) is 13.5. The Balaban J connectivity index is 2.08. The first-order valence-electron chi connectivity index (χ1n) is 7.48. The molecule has 0 radical (unpaired) electrons. The van der Waals surface area contributed by atoms with E-state index in [0.717, 1.165) is 0 Å². The predicted octanol–water partition coefficient (Wildman–Crippen LogP) is 1.16. The molecule has 2 rings (SSSR count). The summed E-state index contributed by atoms with van der Waals surface area (Å²) in [5, 5.41) is 5.33. The molecule has 23 heavy (non-hydrogen) atoms. The van der Waals surface area contributed by atoms with Gasteiger partial charge < -0.3 is 10.6 Å². The van der Waals surface area contributed by atoms with E-state index in [1.165, 1.54) is 6.20 Å². The van der Waals surface area contributed by atoms with Crippen molar-refractivity contribution in [2.75, 3.05) is 7.05 Å². The van der Waals surface area contributed by atoms with Gasteiger partial charge in [0, 0.05) is 25.6 Å². The first kappa shape index (κ1) is 16.7. The van der Waals surface area contributed by atoms with Gasteiger partial charge >= 0.3 is 0 Å². The Morgan fingerprint density at radius 3 is 2.61 bits per heavy atom. The standard InChI is InChI=1S/C16H21N5O2/c1-11(2)8-13(16(23)17-3)20-15(22)12-4-5-14(19-9-12)21-7-6-18-10-21/h4-7,9-11,13H,8H2,1-3H3,(H,17,23)(H,20,22)/t13-/m1/s1. The normalized spacial score (nSPS) is 12.0. The molecule has 122 valence electrons. The van der Waals surface area contributed by atoms with Crippen LogP contribution in [0.1, 0.15) is 30.6 Å². The fourth-order valence-electron chi connectivity index (χ4n) is 2.19. The number of rotatable bonds is 6. The van der Waals surface area contributed by atoms with E-state index in [2.05, 4.69) is 20.6 Å². The largest absolute Gasteiger partial charge is 0.357 e. The lowest BCUT2D eigenvalue weighted by atomic mass is 10.0. The minimum Gasteiger partial charge on any atom is -0.357 e. The molecule has 0 fully saturated rings. The summed E-state index contributed by atoms with van der Waals surface area (Å²) in [5.41, 5.74) is 0.409. The highest BCUT2D eigenvalue weighted by molar-refractivity contribution is 5.97.